The summed E-state index contributed by atoms with van der Waals surface area (Å²) in [5, 5.41) is 3.05. The first kappa shape index (κ1) is 17.1. The van der Waals surface area contributed by atoms with Crippen LogP contribution in [0.25, 0.3) is 0 Å². The van der Waals surface area contributed by atoms with Gasteiger partial charge in [0.25, 0.3) is 0 Å². The molecule has 0 atom stereocenters. The number of guanidine groups is 1. The van der Waals surface area contributed by atoms with Crippen LogP contribution in [0.15, 0.2) is 23.2 Å². The molecule has 0 aromatic heterocycles. The van der Waals surface area contributed by atoms with E-state index in [0.29, 0.717) is 24.0 Å². The molecule has 1 aromatic carbocycles. The highest BCUT2D eigenvalue weighted by Crippen LogP contribution is 2.27. The minimum Gasteiger partial charge on any atom is -0.493 e. The molecule has 0 aliphatic carbocycles. The molecule has 3 N–H and O–H groups in total. The Morgan fingerprint density at radius 1 is 1.24 bits per heavy atom. The molecule has 0 amide bonds. The van der Waals surface area contributed by atoms with E-state index in [9.17, 15) is 0 Å². The van der Waals surface area contributed by atoms with Gasteiger partial charge >= 0.3 is 0 Å². The minimum absolute atomic E-state index is 0.432. The van der Waals surface area contributed by atoms with Crippen molar-refractivity contribution in [2.75, 3.05) is 34.0 Å². The fraction of sp³-hybridized carbons (Fsp3) is 0.533. The molecule has 6 heteroatoms. The van der Waals surface area contributed by atoms with E-state index < -0.39 is 0 Å². The van der Waals surface area contributed by atoms with Crippen molar-refractivity contribution < 1.29 is 14.2 Å². The van der Waals surface area contributed by atoms with Crippen molar-refractivity contribution in [3.63, 3.8) is 0 Å². The number of nitrogens with two attached hydrogens (primary N) is 1. The topological polar surface area (TPSA) is 78.1 Å². The zero-order valence-electron chi connectivity index (χ0n) is 13.0. The molecule has 6 nitrogen and oxygen atoms in total. The highest BCUT2D eigenvalue weighted by atomic mass is 16.5. The normalized spacial score (nSPS) is 11.3. The Morgan fingerprint density at radius 2 is 2.00 bits per heavy atom. The lowest BCUT2D eigenvalue weighted by Gasteiger charge is -2.09. The summed E-state index contributed by atoms with van der Waals surface area (Å²) in [6, 6.07) is 5.69. The van der Waals surface area contributed by atoms with Crippen molar-refractivity contribution in [3.05, 3.63) is 23.8 Å². The standard InChI is InChI=1S/C15H25N3O3/c1-4-21-9-5-8-17-15(16)18-11-12-6-7-13(19-2)14(10-12)20-3/h6-7,10H,4-5,8-9,11H2,1-3H3,(H3,16,17,18). The lowest BCUT2D eigenvalue weighted by molar-refractivity contribution is 0.145. The van der Waals surface area contributed by atoms with Crippen molar-refractivity contribution in [1.29, 1.82) is 0 Å². The van der Waals surface area contributed by atoms with E-state index >= 15 is 0 Å². The van der Waals surface area contributed by atoms with E-state index in [1.54, 1.807) is 14.2 Å². The molecule has 0 fully saturated rings. The van der Waals surface area contributed by atoms with E-state index in [1.165, 1.54) is 0 Å². The van der Waals surface area contributed by atoms with Crippen LogP contribution in [0.5, 0.6) is 11.5 Å². The number of benzene rings is 1. The van der Waals surface area contributed by atoms with E-state index in [4.69, 9.17) is 19.9 Å². The maximum atomic E-state index is 5.81. The van der Waals surface area contributed by atoms with Gasteiger partial charge in [0, 0.05) is 19.8 Å². The Hall–Kier alpha value is -1.95. The number of methoxy groups -OCH3 is 2. The summed E-state index contributed by atoms with van der Waals surface area (Å²) in [7, 11) is 3.22. The summed E-state index contributed by atoms with van der Waals surface area (Å²) < 4.78 is 15.7. The van der Waals surface area contributed by atoms with Gasteiger partial charge in [-0.3, -0.25) is 0 Å². The maximum Gasteiger partial charge on any atom is 0.188 e. The average Bonchev–Trinajstić information content (AvgIpc) is 2.52. The van der Waals surface area contributed by atoms with Gasteiger partial charge in [0.15, 0.2) is 17.5 Å². The largest absolute Gasteiger partial charge is 0.493 e. The maximum absolute atomic E-state index is 5.81. The number of nitrogens with one attached hydrogen (secondary N) is 1. The van der Waals surface area contributed by atoms with E-state index in [2.05, 4.69) is 10.3 Å². The molecule has 0 bridgehead atoms. The Labute approximate surface area is 126 Å². The van der Waals surface area contributed by atoms with Gasteiger partial charge in [0.1, 0.15) is 0 Å². The second kappa shape index (κ2) is 9.88. The summed E-state index contributed by atoms with van der Waals surface area (Å²) in [6.07, 6.45) is 0.903. The SMILES string of the molecule is CCOCCCNC(N)=NCc1ccc(OC)c(OC)c1. The zero-order chi connectivity index (χ0) is 15.5. The lowest BCUT2D eigenvalue weighted by atomic mass is 10.2. The third-order valence-electron chi connectivity index (χ3n) is 2.86. The summed E-state index contributed by atoms with van der Waals surface area (Å²) >= 11 is 0. The number of aliphatic imine (C=N–C) groups is 1. The fourth-order valence-electron chi connectivity index (χ4n) is 1.75. The third-order valence-corrected chi connectivity index (χ3v) is 2.86. The van der Waals surface area contributed by atoms with Crippen LogP contribution >= 0.6 is 0 Å². The first-order valence-corrected chi connectivity index (χ1v) is 7.03. The quantitative estimate of drug-likeness (QED) is 0.410. The number of rotatable bonds is 9. The Kier molecular flexibility index (Phi) is 8.04. The van der Waals surface area contributed by atoms with E-state index in [0.717, 1.165) is 31.7 Å². The number of ether oxygens (including phenoxy) is 3. The predicted molar refractivity (Wildman–Crippen MR) is 84.0 cm³/mol. The van der Waals surface area contributed by atoms with Gasteiger partial charge in [0.05, 0.1) is 20.8 Å². The Morgan fingerprint density at radius 3 is 2.67 bits per heavy atom. The summed E-state index contributed by atoms with van der Waals surface area (Å²) in [5.74, 6) is 1.82. The molecule has 21 heavy (non-hydrogen) atoms. The van der Waals surface area contributed by atoms with Crippen molar-refractivity contribution >= 4 is 5.96 Å². The van der Waals surface area contributed by atoms with Crippen LogP contribution in [-0.4, -0.2) is 39.9 Å². The molecule has 1 rings (SSSR count). The van der Waals surface area contributed by atoms with Gasteiger partial charge in [0.2, 0.25) is 0 Å². The Bertz CT molecular complexity index is 450. The second-order valence-corrected chi connectivity index (χ2v) is 4.37. The van der Waals surface area contributed by atoms with Crippen LogP contribution in [0.1, 0.15) is 18.9 Å². The lowest BCUT2D eigenvalue weighted by Crippen LogP contribution is -2.32. The van der Waals surface area contributed by atoms with Gasteiger partial charge in [-0.15, -0.1) is 0 Å². The van der Waals surface area contributed by atoms with Crippen molar-refractivity contribution in [1.82, 2.24) is 5.32 Å². The zero-order valence-corrected chi connectivity index (χ0v) is 13.0. The summed E-state index contributed by atoms with van der Waals surface area (Å²) in [4.78, 5) is 4.29. The molecule has 1 aromatic rings. The van der Waals surface area contributed by atoms with Crippen LogP contribution in [0, 0.1) is 0 Å². The van der Waals surface area contributed by atoms with Gasteiger partial charge in [-0.2, -0.15) is 0 Å². The highest BCUT2D eigenvalue weighted by molar-refractivity contribution is 5.77. The molecular formula is C15H25N3O3. The van der Waals surface area contributed by atoms with E-state index in [1.807, 2.05) is 25.1 Å². The number of hydrogen-bond donors (Lipinski definition) is 2. The number of hydrogen-bond acceptors (Lipinski definition) is 4. The van der Waals surface area contributed by atoms with Crippen LogP contribution < -0.4 is 20.5 Å². The monoisotopic (exact) mass is 295 g/mol. The summed E-state index contributed by atoms with van der Waals surface area (Å²) in [6.45, 7) is 4.69. The molecule has 0 saturated carbocycles. The van der Waals surface area contributed by atoms with Crippen molar-refractivity contribution in [2.45, 2.75) is 19.9 Å². The van der Waals surface area contributed by atoms with Gasteiger partial charge in [-0.25, -0.2) is 4.99 Å². The highest BCUT2D eigenvalue weighted by Gasteiger charge is 2.04. The second-order valence-electron chi connectivity index (χ2n) is 4.37. The molecule has 0 aliphatic rings. The predicted octanol–water partition coefficient (Wildman–Crippen LogP) is 1.53. The number of nitrogens with zero attached hydrogens (tertiary/aromatic N) is 1. The van der Waals surface area contributed by atoms with Crippen LogP contribution in [0.3, 0.4) is 0 Å². The van der Waals surface area contributed by atoms with Crippen LogP contribution in [-0.2, 0) is 11.3 Å². The third kappa shape index (κ3) is 6.35. The molecular weight excluding hydrogens is 270 g/mol. The first-order valence-electron chi connectivity index (χ1n) is 7.03. The molecule has 0 saturated heterocycles. The van der Waals surface area contributed by atoms with Crippen molar-refractivity contribution in [3.8, 4) is 11.5 Å². The molecule has 0 radical (unpaired) electrons. The molecule has 0 aliphatic heterocycles. The average molecular weight is 295 g/mol. The van der Waals surface area contributed by atoms with Crippen LogP contribution in [0.2, 0.25) is 0 Å². The molecule has 0 unspecified atom stereocenters. The van der Waals surface area contributed by atoms with Crippen LogP contribution in [0.4, 0.5) is 0 Å². The molecule has 0 heterocycles. The smallest absolute Gasteiger partial charge is 0.188 e. The van der Waals surface area contributed by atoms with Gasteiger partial charge in [-0.1, -0.05) is 6.07 Å². The van der Waals surface area contributed by atoms with Gasteiger partial charge in [-0.05, 0) is 31.0 Å². The first-order chi connectivity index (χ1) is 10.2. The summed E-state index contributed by atoms with van der Waals surface area (Å²) in [5.41, 5.74) is 6.81. The fourth-order valence-corrected chi connectivity index (χ4v) is 1.75. The van der Waals surface area contributed by atoms with Crippen molar-refractivity contribution in [2.24, 2.45) is 10.7 Å². The van der Waals surface area contributed by atoms with Gasteiger partial charge < -0.3 is 25.3 Å². The minimum atomic E-state index is 0.432. The Balaban J connectivity index is 2.44. The molecule has 0 spiro atoms. The molecule has 118 valence electrons. The van der Waals surface area contributed by atoms with E-state index in [-0.39, 0.29) is 0 Å².